The Kier molecular flexibility index (Phi) is 6.03. The van der Waals surface area contributed by atoms with Crippen molar-refractivity contribution in [3.8, 4) is 0 Å². The van der Waals surface area contributed by atoms with Gasteiger partial charge in [0.25, 0.3) is 5.91 Å². The maximum atomic E-state index is 13.1. The summed E-state index contributed by atoms with van der Waals surface area (Å²) in [4.78, 5) is 27.8. The molecule has 2 saturated heterocycles. The molecule has 0 unspecified atom stereocenters. The van der Waals surface area contributed by atoms with Gasteiger partial charge in [-0.25, -0.2) is 18.4 Å². The molecule has 9 nitrogen and oxygen atoms in total. The van der Waals surface area contributed by atoms with Crippen molar-refractivity contribution in [2.45, 2.75) is 42.4 Å². The van der Waals surface area contributed by atoms with Gasteiger partial charge in [0.1, 0.15) is 11.3 Å². The topological polar surface area (TPSA) is 131 Å². The van der Waals surface area contributed by atoms with Crippen molar-refractivity contribution < 1.29 is 17.9 Å². The predicted molar refractivity (Wildman–Crippen MR) is 129 cm³/mol. The maximum Gasteiger partial charge on any atom is 0.255 e. The Labute approximate surface area is 198 Å². The number of nitrogens with one attached hydrogen (secondary N) is 1. The lowest BCUT2D eigenvalue weighted by molar-refractivity contribution is 0.0714. The molecular weight excluding hydrogens is 454 g/mol. The average molecular weight is 484 g/mol. The Morgan fingerprint density at radius 1 is 1.12 bits per heavy atom. The molecule has 0 spiro atoms. The highest BCUT2D eigenvalue weighted by atomic mass is 32.2. The van der Waals surface area contributed by atoms with Gasteiger partial charge in [0.15, 0.2) is 15.5 Å². The van der Waals surface area contributed by atoms with Crippen LogP contribution in [0, 0.1) is 0 Å². The normalized spacial score (nSPS) is 18.4. The van der Waals surface area contributed by atoms with Crippen molar-refractivity contribution in [1.29, 1.82) is 0 Å². The van der Waals surface area contributed by atoms with Gasteiger partial charge in [0.05, 0.1) is 10.5 Å². The monoisotopic (exact) mass is 483 g/mol. The summed E-state index contributed by atoms with van der Waals surface area (Å²) in [6.45, 7) is 2.71. The third kappa shape index (κ3) is 4.39. The Hall–Kier alpha value is -2.98. The summed E-state index contributed by atoms with van der Waals surface area (Å²) in [7, 11) is -3.38. The van der Waals surface area contributed by atoms with E-state index in [1.54, 1.807) is 4.90 Å². The molecule has 5 rings (SSSR count). The Balaban J connectivity index is 1.31. The van der Waals surface area contributed by atoms with E-state index >= 15 is 0 Å². The number of rotatable bonds is 4. The first-order valence-electron chi connectivity index (χ1n) is 11.6. The minimum Gasteiger partial charge on any atom is -0.398 e. The van der Waals surface area contributed by atoms with Gasteiger partial charge >= 0.3 is 0 Å². The van der Waals surface area contributed by atoms with Gasteiger partial charge in [-0.3, -0.25) is 4.79 Å². The third-order valence-electron chi connectivity index (χ3n) is 6.95. The number of hydrogen-bond donors (Lipinski definition) is 2. The highest BCUT2D eigenvalue weighted by Gasteiger charge is 2.28. The van der Waals surface area contributed by atoms with Crippen LogP contribution in [0.15, 0.2) is 35.4 Å². The molecule has 2 aromatic heterocycles. The van der Waals surface area contributed by atoms with Crippen molar-refractivity contribution >= 4 is 32.6 Å². The number of amides is 1. The van der Waals surface area contributed by atoms with Crippen LogP contribution >= 0.6 is 0 Å². The highest BCUT2D eigenvalue weighted by Crippen LogP contribution is 2.34. The van der Waals surface area contributed by atoms with Crippen LogP contribution in [0.3, 0.4) is 0 Å². The van der Waals surface area contributed by atoms with Gasteiger partial charge in [-0.1, -0.05) is 0 Å². The first-order chi connectivity index (χ1) is 16.3. The molecule has 3 aromatic rings. The molecule has 0 radical (unpaired) electrons. The number of aromatic amines is 1. The van der Waals surface area contributed by atoms with Crippen LogP contribution in [0.2, 0.25) is 0 Å². The number of hydrogen-bond acceptors (Lipinski definition) is 7. The van der Waals surface area contributed by atoms with Crippen LogP contribution in [-0.2, 0) is 14.6 Å². The second-order valence-corrected chi connectivity index (χ2v) is 11.2. The number of piperidine rings is 1. The molecule has 0 saturated carbocycles. The second kappa shape index (κ2) is 8.99. The fraction of sp³-hybridized carbons (Fsp3) is 0.458. The molecule has 1 amide bonds. The molecule has 3 N–H and O–H groups in total. The lowest BCUT2D eigenvalue weighted by atomic mass is 9.89. The number of H-pyrrole nitrogens is 1. The summed E-state index contributed by atoms with van der Waals surface area (Å²) in [5, 5.41) is 0. The minimum absolute atomic E-state index is 0.112. The molecule has 4 heterocycles. The summed E-state index contributed by atoms with van der Waals surface area (Å²) in [6.07, 6.45) is 6.49. The van der Waals surface area contributed by atoms with E-state index < -0.39 is 9.84 Å². The SMILES string of the molecule is CS(=O)(=O)c1ccc(C(=O)N2CCC(c3ccnc4[nH]c(C5CCOCC5)nc34)CC2)c(N)c1. The van der Waals surface area contributed by atoms with Crippen LogP contribution < -0.4 is 5.73 Å². The van der Waals surface area contributed by atoms with E-state index in [4.69, 9.17) is 15.5 Å². The number of nitrogens with two attached hydrogens (primary N) is 1. The standard InChI is InChI=1S/C24H29N5O4S/c1-34(31,32)17-2-3-19(20(25)14-17)24(30)29-10-5-15(6-11-29)18-4-9-26-23-21(18)27-22(28-23)16-7-12-33-13-8-16/h2-4,9,14-16H,5-8,10-13,25H2,1H3,(H,26,27,28). The number of carbonyl (C=O) groups is 1. The van der Waals surface area contributed by atoms with Crippen LogP contribution in [0.4, 0.5) is 5.69 Å². The maximum absolute atomic E-state index is 13.1. The summed E-state index contributed by atoms with van der Waals surface area (Å²) >= 11 is 0. The molecule has 2 aliphatic heterocycles. The number of nitrogen functional groups attached to an aromatic ring is 1. The number of ether oxygens (including phenoxy) is 1. The number of sulfone groups is 1. The van der Waals surface area contributed by atoms with Gasteiger partial charge in [-0.15, -0.1) is 0 Å². The smallest absolute Gasteiger partial charge is 0.255 e. The van der Waals surface area contributed by atoms with E-state index in [0.29, 0.717) is 24.6 Å². The van der Waals surface area contributed by atoms with E-state index in [9.17, 15) is 13.2 Å². The van der Waals surface area contributed by atoms with Crippen molar-refractivity contribution in [1.82, 2.24) is 19.9 Å². The fourth-order valence-electron chi connectivity index (χ4n) is 4.97. The average Bonchev–Trinajstić information content (AvgIpc) is 3.28. The molecule has 180 valence electrons. The quantitative estimate of drug-likeness (QED) is 0.546. The first kappa shape index (κ1) is 22.8. The Bertz CT molecular complexity index is 1320. The van der Waals surface area contributed by atoms with Gasteiger partial charge in [0, 0.05) is 50.4 Å². The van der Waals surface area contributed by atoms with Gasteiger partial charge in [-0.05, 0) is 61.4 Å². The summed E-state index contributed by atoms with van der Waals surface area (Å²) in [5.41, 5.74) is 9.46. The van der Waals surface area contributed by atoms with Crippen LogP contribution in [-0.4, -0.2) is 66.7 Å². The largest absolute Gasteiger partial charge is 0.398 e. The number of imidazole rings is 1. The van der Waals surface area contributed by atoms with Crippen LogP contribution in [0.25, 0.3) is 11.2 Å². The summed E-state index contributed by atoms with van der Waals surface area (Å²) in [6, 6.07) is 6.35. The molecule has 34 heavy (non-hydrogen) atoms. The molecule has 2 fully saturated rings. The Morgan fingerprint density at radius 2 is 1.85 bits per heavy atom. The van der Waals surface area contributed by atoms with E-state index in [1.165, 1.54) is 23.8 Å². The van der Waals surface area contributed by atoms with Gasteiger partial charge < -0.3 is 20.4 Å². The van der Waals surface area contributed by atoms with Crippen LogP contribution in [0.1, 0.15) is 59.3 Å². The van der Waals surface area contributed by atoms with Crippen molar-refractivity contribution in [2.24, 2.45) is 0 Å². The summed E-state index contributed by atoms with van der Waals surface area (Å²) in [5.74, 6) is 1.47. The number of nitrogens with zero attached hydrogens (tertiary/aromatic N) is 3. The van der Waals surface area contributed by atoms with Gasteiger partial charge in [0.2, 0.25) is 0 Å². The zero-order chi connectivity index (χ0) is 23.9. The lowest BCUT2D eigenvalue weighted by Gasteiger charge is -2.32. The molecule has 1 aromatic carbocycles. The van der Waals surface area contributed by atoms with E-state index in [-0.39, 0.29) is 22.4 Å². The minimum atomic E-state index is -3.38. The zero-order valence-electron chi connectivity index (χ0n) is 19.2. The number of aromatic nitrogens is 3. The van der Waals surface area contributed by atoms with Crippen molar-refractivity contribution in [2.75, 3.05) is 38.3 Å². The number of benzene rings is 1. The number of anilines is 1. The van der Waals surface area contributed by atoms with Crippen LogP contribution in [0.5, 0.6) is 0 Å². The second-order valence-electron chi connectivity index (χ2n) is 9.19. The van der Waals surface area contributed by atoms with E-state index in [1.807, 2.05) is 12.3 Å². The highest BCUT2D eigenvalue weighted by molar-refractivity contribution is 7.90. The number of pyridine rings is 1. The van der Waals surface area contributed by atoms with E-state index in [2.05, 4.69) is 9.97 Å². The number of carbonyl (C=O) groups excluding carboxylic acids is 1. The van der Waals surface area contributed by atoms with Crippen molar-refractivity contribution in [3.63, 3.8) is 0 Å². The Morgan fingerprint density at radius 3 is 2.53 bits per heavy atom. The first-order valence-corrected chi connectivity index (χ1v) is 13.5. The number of likely N-dealkylation sites (tertiary alicyclic amines) is 1. The molecular formula is C24H29N5O4S. The fourth-order valence-corrected chi connectivity index (χ4v) is 5.63. The molecule has 2 aliphatic rings. The molecule has 10 heteroatoms. The molecule has 0 atom stereocenters. The molecule has 0 aliphatic carbocycles. The zero-order valence-corrected chi connectivity index (χ0v) is 20.0. The third-order valence-corrected chi connectivity index (χ3v) is 8.06. The van der Waals surface area contributed by atoms with Gasteiger partial charge in [-0.2, -0.15) is 0 Å². The summed E-state index contributed by atoms with van der Waals surface area (Å²) < 4.78 is 29.0. The lowest BCUT2D eigenvalue weighted by Crippen LogP contribution is -2.38. The van der Waals surface area contributed by atoms with E-state index in [0.717, 1.165) is 62.1 Å². The van der Waals surface area contributed by atoms with Crippen molar-refractivity contribution in [3.05, 3.63) is 47.4 Å². The predicted octanol–water partition coefficient (Wildman–Crippen LogP) is 2.86. The number of fused-ring (bicyclic) bond motifs is 1. The molecule has 0 bridgehead atoms.